The molecule has 0 spiro atoms. The van der Waals surface area contributed by atoms with E-state index in [1.165, 1.54) is 77.0 Å². The highest BCUT2D eigenvalue weighted by molar-refractivity contribution is 5.93. The van der Waals surface area contributed by atoms with Gasteiger partial charge >= 0.3 is 0 Å². The first-order valence-corrected chi connectivity index (χ1v) is 12.4. The fourth-order valence-corrected chi connectivity index (χ4v) is 4.45. The first-order chi connectivity index (χ1) is 15.2. The van der Waals surface area contributed by atoms with E-state index in [1.807, 2.05) is 18.2 Å². The van der Waals surface area contributed by atoms with Crippen LogP contribution in [0.5, 0.6) is 5.75 Å². The van der Waals surface area contributed by atoms with Gasteiger partial charge in [0.05, 0.1) is 5.39 Å². The zero-order valence-corrected chi connectivity index (χ0v) is 19.1. The van der Waals surface area contributed by atoms with Crippen LogP contribution in [0.4, 0.5) is 0 Å². The van der Waals surface area contributed by atoms with Gasteiger partial charge in [0.15, 0.2) is 0 Å². The lowest BCUT2D eigenvalue weighted by molar-refractivity contribution is 0.479. The van der Waals surface area contributed by atoms with Crippen LogP contribution in [-0.2, 0) is 6.42 Å². The summed E-state index contributed by atoms with van der Waals surface area (Å²) < 4.78 is 5.91. The van der Waals surface area contributed by atoms with Crippen molar-refractivity contribution >= 4 is 21.9 Å². The molecule has 0 fully saturated rings. The SMILES string of the molecule is CCCCCCCCCCCCCCCc1cc(O)c2c(=O)c3ccccc3oc2c1. The molecule has 0 atom stereocenters. The fourth-order valence-electron chi connectivity index (χ4n) is 4.45. The zero-order chi connectivity index (χ0) is 21.9. The lowest BCUT2D eigenvalue weighted by Crippen LogP contribution is -2.03. The molecule has 168 valence electrons. The highest BCUT2D eigenvalue weighted by Crippen LogP contribution is 2.28. The molecule has 3 nitrogen and oxygen atoms in total. The summed E-state index contributed by atoms with van der Waals surface area (Å²) in [6, 6.07) is 10.9. The number of hydrogen-bond acceptors (Lipinski definition) is 3. The van der Waals surface area contributed by atoms with Gasteiger partial charge in [0.2, 0.25) is 5.43 Å². The van der Waals surface area contributed by atoms with Crippen molar-refractivity contribution in [2.75, 3.05) is 0 Å². The van der Waals surface area contributed by atoms with Crippen molar-refractivity contribution < 1.29 is 9.52 Å². The van der Waals surface area contributed by atoms with Gasteiger partial charge in [-0.1, -0.05) is 96.1 Å². The lowest BCUT2D eigenvalue weighted by atomic mass is 10.0. The molecule has 0 radical (unpaired) electrons. The third-order valence-corrected chi connectivity index (χ3v) is 6.29. The maximum absolute atomic E-state index is 12.7. The minimum atomic E-state index is -0.165. The summed E-state index contributed by atoms with van der Waals surface area (Å²) in [4.78, 5) is 12.7. The first-order valence-electron chi connectivity index (χ1n) is 12.4. The summed E-state index contributed by atoms with van der Waals surface area (Å²) >= 11 is 0. The number of aromatic hydroxyl groups is 1. The molecule has 0 amide bonds. The quantitative estimate of drug-likeness (QED) is 0.210. The van der Waals surface area contributed by atoms with Crippen molar-refractivity contribution in [2.24, 2.45) is 0 Å². The average molecular weight is 423 g/mol. The zero-order valence-electron chi connectivity index (χ0n) is 19.1. The number of aryl methyl sites for hydroxylation is 1. The summed E-state index contributed by atoms with van der Waals surface area (Å²) in [5, 5.41) is 11.2. The molecule has 0 saturated heterocycles. The Bertz CT molecular complexity index is 1000. The Morgan fingerprint density at radius 2 is 1.32 bits per heavy atom. The number of fused-ring (bicyclic) bond motifs is 2. The van der Waals surface area contributed by atoms with Gasteiger partial charge in [-0.15, -0.1) is 0 Å². The van der Waals surface area contributed by atoms with Crippen LogP contribution in [-0.4, -0.2) is 5.11 Å². The van der Waals surface area contributed by atoms with Gasteiger partial charge < -0.3 is 9.52 Å². The molecule has 3 rings (SSSR count). The van der Waals surface area contributed by atoms with E-state index in [9.17, 15) is 9.90 Å². The van der Waals surface area contributed by atoms with Crippen molar-refractivity contribution in [3.63, 3.8) is 0 Å². The van der Waals surface area contributed by atoms with Crippen LogP contribution in [0, 0.1) is 0 Å². The molecule has 0 unspecified atom stereocenters. The van der Waals surface area contributed by atoms with E-state index in [0.29, 0.717) is 16.6 Å². The number of para-hydroxylation sites is 1. The van der Waals surface area contributed by atoms with Gasteiger partial charge in [0.1, 0.15) is 22.3 Å². The normalized spacial score (nSPS) is 11.5. The Morgan fingerprint density at radius 3 is 1.97 bits per heavy atom. The van der Waals surface area contributed by atoms with Crippen molar-refractivity contribution in [3.05, 3.63) is 52.2 Å². The second-order valence-corrected chi connectivity index (χ2v) is 8.91. The van der Waals surface area contributed by atoms with E-state index < -0.39 is 0 Å². The first kappa shape index (κ1) is 23.4. The summed E-state index contributed by atoms with van der Waals surface area (Å²) in [6.45, 7) is 2.27. The monoisotopic (exact) mass is 422 g/mol. The molecule has 2 aromatic carbocycles. The van der Waals surface area contributed by atoms with Crippen molar-refractivity contribution in [1.82, 2.24) is 0 Å². The van der Waals surface area contributed by atoms with E-state index in [1.54, 1.807) is 18.2 Å². The van der Waals surface area contributed by atoms with E-state index in [4.69, 9.17) is 4.42 Å². The van der Waals surface area contributed by atoms with Gasteiger partial charge in [-0.3, -0.25) is 4.79 Å². The van der Waals surface area contributed by atoms with Crippen LogP contribution >= 0.6 is 0 Å². The van der Waals surface area contributed by atoms with Crippen LogP contribution in [0.3, 0.4) is 0 Å². The summed E-state index contributed by atoms with van der Waals surface area (Å²) in [5.41, 5.74) is 1.92. The van der Waals surface area contributed by atoms with Gasteiger partial charge in [0.25, 0.3) is 0 Å². The molecule has 0 aliphatic carbocycles. The predicted molar refractivity (Wildman–Crippen MR) is 131 cm³/mol. The Morgan fingerprint density at radius 1 is 0.742 bits per heavy atom. The van der Waals surface area contributed by atoms with Crippen molar-refractivity contribution in [3.8, 4) is 5.75 Å². The highest BCUT2D eigenvalue weighted by atomic mass is 16.3. The molecule has 0 bridgehead atoms. The third kappa shape index (κ3) is 6.85. The van der Waals surface area contributed by atoms with Gasteiger partial charge in [-0.2, -0.15) is 0 Å². The van der Waals surface area contributed by atoms with E-state index in [-0.39, 0.29) is 16.6 Å². The summed E-state index contributed by atoms with van der Waals surface area (Å²) in [5.74, 6) is 0.0293. The molecule has 0 saturated carbocycles. The molecule has 1 aromatic heterocycles. The molecule has 3 aromatic rings. The van der Waals surface area contributed by atoms with E-state index in [0.717, 1.165) is 18.4 Å². The molecule has 0 aliphatic rings. The second kappa shape index (κ2) is 12.5. The molecular weight excluding hydrogens is 384 g/mol. The van der Waals surface area contributed by atoms with Gasteiger partial charge in [-0.05, 0) is 42.7 Å². The second-order valence-electron chi connectivity index (χ2n) is 8.91. The number of phenolic OH excluding ortho intramolecular Hbond substituents is 1. The van der Waals surface area contributed by atoms with E-state index in [2.05, 4.69) is 6.92 Å². The van der Waals surface area contributed by atoms with Gasteiger partial charge in [0, 0.05) is 0 Å². The molecule has 0 aliphatic heterocycles. The lowest BCUT2D eigenvalue weighted by Gasteiger charge is -2.07. The third-order valence-electron chi connectivity index (χ3n) is 6.29. The van der Waals surface area contributed by atoms with Crippen molar-refractivity contribution in [1.29, 1.82) is 0 Å². The minimum Gasteiger partial charge on any atom is -0.507 e. The number of hydrogen-bond donors (Lipinski definition) is 1. The highest BCUT2D eigenvalue weighted by Gasteiger charge is 2.12. The minimum absolute atomic E-state index is 0.0293. The Balaban J connectivity index is 1.38. The number of phenols is 1. The molecule has 1 heterocycles. The molecule has 31 heavy (non-hydrogen) atoms. The largest absolute Gasteiger partial charge is 0.507 e. The van der Waals surface area contributed by atoms with Crippen LogP contribution < -0.4 is 5.43 Å². The van der Waals surface area contributed by atoms with Gasteiger partial charge in [-0.25, -0.2) is 0 Å². The predicted octanol–water partition coefficient (Wildman–Crippen LogP) is 8.29. The Kier molecular flexibility index (Phi) is 9.45. The number of rotatable bonds is 14. The average Bonchev–Trinajstić information content (AvgIpc) is 2.77. The van der Waals surface area contributed by atoms with Crippen LogP contribution in [0.15, 0.2) is 45.6 Å². The van der Waals surface area contributed by atoms with Crippen LogP contribution in [0.2, 0.25) is 0 Å². The molecule has 1 N–H and O–H groups in total. The van der Waals surface area contributed by atoms with Crippen LogP contribution in [0.25, 0.3) is 21.9 Å². The maximum atomic E-state index is 12.7. The van der Waals surface area contributed by atoms with E-state index >= 15 is 0 Å². The van der Waals surface area contributed by atoms with Crippen LogP contribution in [0.1, 0.15) is 96.0 Å². The van der Waals surface area contributed by atoms with Crippen molar-refractivity contribution in [2.45, 2.75) is 96.8 Å². The number of benzene rings is 2. The molecular formula is C28H38O3. The standard InChI is InChI=1S/C28H38O3/c1-2-3-4-5-6-7-8-9-10-11-12-13-14-17-22-20-24(29)27-26(21-22)31-25-19-16-15-18-23(25)28(27)30/h15-16,18-21,29H,2-14,17H2,1H3. The Hall–Kier alpha value is -2.29. The number of unbranched alkanes of at least 4 members (excludes halogenated alkanes) is 12. The smallest absolute Gasteiger partial charge is 0.204 e. The maximum Gasteiger partial charge on any atom is 0.204 e. The topological polar surface area (TPSA) is 50.4 Å². The fraction of sp³-hybridized carbons (Fsp3) is 0.536. The Labute approximate surface area is 186 Å². The summed E-state index contributed by atoms with van der Waals surface area (Å²) in [7, 11) is 0. The molecule has 3 heteroatoms. The summed E-state index contributed by atoms with van der Waals surface area (Å²) in [6.07, 6.45) is 18.3.